The molecule has 0 fully saturated rings. The van der Waals surface area contributed by atoms with Crippen LogP contribution in [0.1, 0.15) is 134 Å². The van der Waals surface area contributed by atoms with Crippen LogP contribution >= 0.6 is 0 Å². The summed E-state index contributed by atoms with van der Waals surface area (Å²) in [5, 5.41) is 174. The van der Waals surface area contributed by atoms with Crippen molar-refractivity contribution in [3.63, 3.8) is 0 Å². The van der Waals surface area contributed by atoms with Gasteiger partial charge in [0, 0.05) is 52.4 Å². The number of phenols is 12. The highest BCUT2D eigenvalue weighted by atomic mass is 16.5. The third-order valence-electron chi connectivity index (χ3n) is 16.3. The molecule has 0 aliphatic rings. The molecule has 0 radical (unpaired) electrons. The Morgan fingerprint density at radius 2 is 0.584 bits per heavy atom. The van der Waals surface area contributed by atoms with Crippen molar-refractivity contribution in [3.05, 3.63) is 166 Å². The van der Waals surface area contributed by atoms with Crippen LogP contribution in [0.2, 0.25) is 0 Å². The minimum atomic E-state index is -2.69. The first-order chi connectivity index (χ1) is 41.3. The van der Waals surface area contributed by atoms with E-state index in [1.807, 2.05) is 41.5 Å². The Bertz CT molecular complexity index is 3710. The highest BCUT2D eigenvalue weighted by molar-refractivity contribution is 5.97. The molecular weight excluding hydrogens is 1140 g/mol. The third-order valence-corrected chi connectivity index (χ3v) is 16.3. The summed E-state index contributed by atoms with van der Waals surface area (Å²) in [6, 6.07) is 26.5. The van der Waals surface area contributed by atoms with Crippen LogP contribution in [0.25, 0.3) is 44.5 Å². The van der Waals surface area contributed by atoms with Crippen LogP contribution in [-0.4, -0.2) is 109 Å². The number of aliphatic hydroxyl groups excluding tert-OH is 3. The zero-order valence-corrected chi connectivity index (χ0v) is 52.0. The lowest BCUT2D eigenvalue weighted by molar-refractivity contribution is -0.157. The first-order valence-electron chi connectivity index (χ1n) is 28.9. The fourth-order valence-corrected chi connectivity index (χ4v) is 12.9. The number of hydrogen-bond donors (Lipinski definition) is 15. The molecule has 8 aromatic rings. The number of aliphatic hydroxyl groups is 3. The molecule has 0 spiro atoms. The molecule has 8 rings (SSSR count). The highest BCUT2D eigenvalue weighted by Crippen LogP contribution is 2.62. The number of benzene rings is 8. The molecule has 0 unspecified atom stereocenters. The molecule has 0 aliphatic heterocycles. The Morgan fingerprint density at radius 1 is 0.348 bits per heavy atom. The van der Waals surface area contributed by atoms with Crippen LogP contribution < -0.4 is 0 Å². The Balaban J connectivity index is 1.87. The number of hydrogen-bond acceptors (Lipinski definition) is 17. The third kappa shape index (κ3) is 12.3. The Kier molecular flexibility index (Phi) is 17.5. The van der Waals surface area contributed by atoms with Gasteiger partial charge in [-0.2, -0.15) is 0 Å². The lowest BCUT2D eigenvalue weighted by atomic mass is 9.53. The summed E-state index contributed by atoms with van der Waals surface area (Å²) in [5.74, 6) is -7.66. The lowest BCUT2D eigenvalue weighted by Gasteiger charge is -2.48. The van der Waals surface area contributed by atoms with E-state index in [2.05, 4.69) is 0 Å². The summed E-state index contributed by atoms with van der Waals surface area (Å²) < 4.78 is 6.80. The molecule has 0 amide bonds. The van der Waals surface area contributed by atoms with Crippen LogP contribution in [0.5, 0.6) is 69.0 Å². The second kappa shape index (κ2) is 23.7. The van der Waals surface area contributed by atoms with E-state index in [1.54, 1.807) is 53.7 Å². The van der Waals surface area contributed by atoms with E-state index >= 15 is 4.79 Å². The van der Waals surface area contributed by atoms with Gasteiger partial charge in [0.05, 0.1) is 25.2 Å². The molecule has 89 heavy (non-hydrogen) atoms. The fraction of sp³-hybridized carbons (Fsp3) is 0.319. The molecular formula is C72H80O17. The minimum absolute atomic E-state index is 0.00749. The molecule has 0 aromatic heterocycles. The van der Waals surface area contributed by atoms with Gasteiger partial charge in [0.1, 0.15) is 81.0 Å². The summed E-state index contributed by atoms with van der Waals surface area (Å²) in [6.07, 6.45) is 0. The van der Waals surface area contributed by atoms with E-state index < -0.39 is 105 Å². The van der Waals surface area contributed by atoms with Gasteiger partial charge in [-0.1, -0.05) is 107 Å². The smallest absolute Gasteiger partial charge is 0.322 e. The number of aromatic hydroxyl groups is 12. The number of esters is 1. The first-order valence-corrected chi connectivity index (χ1v) is 28.9. The summed E-state index contributed by atoms with van der Waals surface area (Å²) in [5.41, 5.74) is -7.89. The van der Waals surface area contributed by atoms with Crippen molar-refractivity contribution in [3.8, 4) is 114 Å². The normalized spacial score (nSPS) is 12.6. The summed E-state index contributed by atoms with van der Waals surface area (Å²) in [6.45, 7) is 18.1. The number of ether oxygens (including phenoxy) is 1. The van der Waals surface area contributed by atoms with Crippen molar-refractivity contribution in [1.82, 2.24) is 0 Å². The first kappa shape index (κ1) is 65.7. The summed E-state index contributed by atoms with van der Waals surface area (Å²) in [4.78, 5) is 18.1. The van der Waals surface area contributed by atoms with Crippen LogP contribution in [0.15, 0.2) is 121 Å². The van der Waals surface area contributed by atoms with E-state index in [-0.39, 0.29) is 124 Å². The summed E-state index contributed by atoms with van der Waals surface area (Å²) in [7, 11) is 0. The molecule has 0 atom stereocenters. The molecule has 17 nitrogen and oxygen atoms in total. The standard InChI is InChI=1S/C72H80O17/c1-67(2,3)62-49(13-17-53(84)57(62)37-21-41(76)29-42(77)22-37)61(50-14-18-54(85)58(63(50)68(4,5)6)38-23-43(78)30-44(79)24-38)72(66(88)89-36-71(33-73,34-74)35-75,51-15-19-55(86)59(64(51)69(7,8)9)39-25-45(80)31-46(81)26-39)52-16-20-56(87)60(65(52)70(10,11)12)40-27-47(82)32-48(83)28-40/h13-32,61,73-87H,33-36H2,1-12H3. The van der Waals surface area contributed by atoms with Gasteiger partial charge in [0.2, 0.25) is 0 Å². The van der Waals surface area contributed by atoms with E-state index in [9.17, 15) is 76.6 Å². The van der Waals surface area contributed by atoms with E-state index in [4.69, 9.17) is 4.74 Å². The molecule has 470 valence electrons. The molecule has 15 N–H and O–H groups in total. The average molecular weight is 1220 g/mol. The number of carbonyl (C=O) groups excluding carboxylic acids is 1. The van der Waals surface area contributed by atoms with Crippen LogP contribution in [0, 0.1) is 5.41 Å². The molecule has 8 aromatic carbocycles. The van der Waals surface area contributed by atoms with Crippen molar-refractivity contribution in [2.24, 2.45) is 5.41 Å². The van der Waals surface area contributed by atoms with Crippen molar-refractivity contribution >= 4 is 5.97 Å². The van der Waals surface area contributed by atoms with Crippen molar-refractivity contribution < 1.29 is 86.1 Å². The lowest BCUT2D eigenvalue weighted by Crippen LogP contribution is -2.50. The largest absolute Gasteiger partial charge is 0.508 e. The maximum atomic E-state index is 18.1. The maximum Gasteiger partial charge on any atom is 0.322 e. The SMILES string of the molecule is CC(C)(C)c1c(C(c2ccc(O)c(-c3cc(O)cc(O)c3)c2C(C)(C)C)C(C(=O)OCC(CO)(CO)CO)(c2ccc(O)c(-c3cc(O)cc(O)c3)c2C(C)(C)C)c2ccc(O)c(-c3cc(O)cc(O)c3)c2C(C)(C)C)ccc(O)c1-c1cc(O)cc(O)c1. The van der Waals surface area contributed by atoms with Gasteiger partial charge in [-0.25, -0.2) is 0 Å². The second-order valence-corrected chi connectivity index (χ2v) is 27.4. The van der Waals surface area contributed by atoms with Crippen LogP contribution in [0.4, 0.5) is 0 Å². The highest BCUT2D eigenvalue weighted by Gasteiger charge is 2.58. The van der Waals surface area contributed by atoms with Gasteiger partial charge in [-0.05, 0) is 161 Å². The molecule has 0 heterocycles. The van der Waals surface area contributed by atoms with Crippen molar-refractivity contribution in [2.75, 3.05) is 26.4 Å². The molecule has 17 heteroatoms. The number of rotatable bonds is 15. The Labute approximate surface area is 517 Å². The maximum absolute atomic E-state index is 18.1. The van der Waals surface area contributed by atoms with Gasteiger partial charge in [-0.3, -0.25) is 4.79 Å². The van der Waals surface area contributed by atoms with E-state index in [1.165, 1.54) is 84.9 Å². The second-order valence-electron chi connectivity index (χ2n) is 27.4. The topological polar surface area (TPSA) is 330 Å². The van der Waals surface area contributed by atoms with Gasteiger partial charge in [-0.15, -0.1) is 0 Å². The van der Waals surface area contributed by atoms with Crippen LogP contribution in [0.3, 0.4) is 0 Å². The molecule has 0 saturated carbocycles. The van der Waals surface area contributed by atoms with Gasteiger partial charge >= 0.3 is 5.97 Å². The zero-order chi connectivity index (χ0) is 66.0. The van der Waals surface area contributed by atoms with Crippen LogP contribution in [-0.2, 0) is 36.6 Å². The summed E-state index contributed by atoms with van der Waals surface area (Å²) >= 11 is 0. The minimum Gasteiger partial charge on any atom is -0.508 e. The fourth-order valence-electron chi connectivity index (χ4n) is 12.9. The van der Waals surface area contributed by atoms with Crippen molar-refractivity contribution in [1.29, 1.82) is 0 Å². The monoisotopic (exact) mass is 1220 g/mol. The van der Waals surface area contributed by atoms with E-state index in [0.29, 0.717) is 0 Å². The Hall–Kier alpha value is -9.29. The number of phenolic OH excluding ortho intramolecular Hbond substituents is 12. The van der Waals surface area contributed by atoms with Gasteiger partial charge < -0.3 is 81.3 Å². The van der Waals surface area contributed by atoms with Gasteiger partial charge in [0.25, 0.3) is 0 Å². The molecule has 0 aliphatic carbocycles. The predicted molar refractivity (Wildman–Crippen MR) is 340 cm³/mol. The predicted octanol–water partition coefficient (Wildman–Crippen LogP) is 12.6. The Morgan fingerprint density at radius 3 is 0.820 bits per heavy atom. The average Bonchev–Trinajstić information content (AvgIpc) is 0.799. The zero-order valence-electron chi connectivity index (χ0n) is 52.0. The van der Waals surface area contributed by atoms with Crippen molar-refractivity contribution in [2.45, 2.75) is 116 Å². The van der Waals surface area contributed by atoms with E-state index in [0.717, 1.165) is 24.3 Å². The molecule has 0 saturated heterocycles. The quantitative estimate of drug-likeness (QED) is 0.0424. The number of carbonyl (C=O) groups is 1. The molecule has 0 bridgehead atoms. The van der Waals surface area contributed by atoms with Gasteiger partial charge in [0.15, 0.2) is 0 Å².